The maximum absolute atomic E-state index is 13.6. The van der Waals surface area contributed by atoms with Crippen LogP contribution in [0.3, 0.4) is 0 Å². The van der Waals surface area contributed by atoms with Crippen LogP contribution in [0.15, 0.2) is 60.9 Å². The number of nitrogens with one attached hydrogen (secondary N) is 1. The summed E-state index contributed by atoms with van der Waals surface area (Å²) in [6, 6.07) is 18.5. The number of piperazine rings is 1. The molecule has 2 heterocycles. The summed E-state index contributed by atoms with van der Waals surface area (Å²) in [5, 5.41) is 10.2. The number of benzene rings is 2. The minimum Gasteiger partial charge on any atom is -0.496 e. The molecule has 6 rings (SSSR count). The van der Waals surface area contributed by atoms with E-state index in [1.165, 1.54) is 11.1 Å². The van der Waals surface area contributed by atoms with Crippen LogP contribution in [0.1, 0.15) is 45.5 Å². The fraction of sp³-hybridized carbons (Fsp3) is 0.387. The first-order valence-corrected chi connectivity index (χ1v) is 14.0. The number of hydrogen-bond acceptors (Lipinski definition) is 6. The summed E-state index contributed by atoms with van der Waals surface area (Å²) in [6.07, 6.45) is 6.73. The number of para-hydroxylation sites is 1. The average molecular weight is 525 g/mol. The Hall–Kier alpha value is -3.91. The lowest BCUT2D eigenvalue weighted by Gasteiger charge is -2.37. The van der Waals surface area contributed by atoms with Crippen molar-refractivity contribution in [2.45, 2.75) is 38.6 Å². The Bertz CT molecular complexity index is 1390. The van der Waals surface area contributed by atoms with Crippen LogP contribution in [0, 0.1) is 0 Å². The third-order valence-corrected chi connectivity index (χ3v) is 8.10. The van der Waals surface area contributed by atoms with Gasteiger partial charge in [-0.3, -0.25) is 14.7 Å². The zero-order chi connectivity index (χ0) is 26.6. The molecule has 8 heteroatoms. The van der Waals surface area contributed by atoms with Gasteiger partial charge in [0, 0.05) is 44.8 Å². The van der Waals surface area contributed by atoms with Gasteiger partial charge in [0.05, 0.1) is 12.7 Å². The largest absolute Gasteiger partial charge is 0.496 e. The van der Waals surface area contributed by atoms with Crippen molar-refractivity contribution in [2.75, 3.05) is 44.8 Å². The van der Waals surface area contributed by atoms with E-state index in [2.05, 4.69) is 50.5 Å². The molecule has 0 saturated carbocycles. The fourth-order valence-electron chi connectivity index (χ4n) is 6.03. The Labute approximate surface area is 229 Å². The van der Waals surface area contributed by atoms with Gasteiger partial charge in [0.25, 0.3) is 5.91 Å². The van der Waals surface area contributed by atoms with Crippen molar-refractivity contribution >= 4 is 5.91 Å². The first-order valence-electron chi connectivity index (χ1n) is 14.0. The highest BCUT2D eigenvalue weighted by molar-refractivity contribution is 6.03. The lowest BCUT2D eigenvalue weighted by atomic mass is 9.93. The van der Waals surface area contributed by atoms with Crippen molar-refractivity contribution in [3.8, 4) is 17.1 Å². The van der Waals surface area contributed by atoms with Gasteiger partial charge in [0.2, 0.25) is 0 Å². The quantitative estimate of drug-likeness (QED) is 0.379. The Kier molecular flexibility index (Phi) is 7.45. The number of carbonyl (C=O) groups excluding carboxylic acids is 1. The zero-order valence-electron chi connectivity index (χ0n) is 22.6. The lowest BCUT2D eigenvalue weighted by molar-refractivity contribution is 0.0950. The standard InChI is InChI=1S/C31H36N6O2/c1-39-27-14-8-5-11-24(27)21-32-31(38)28-25-12-6-7-13-26(25)30-29(28)33-22-34-37(30)36-19-17-35(18-20-36)16-15-23-9-3-2-4-10-23/h2-5,8-11,14,22H,6-7,12-13,15-21H2,1H3,(H,32,38). The SMILES string of the molecule is COc1ccccc1CNC(=O)c1c2ncnn(N3CCN(CCc4ccccc4)CC3)c-2c2c1CCCC2. The highest BCUT2D eigenvalue weighted by Crippen LogP contribution is 2.39. The van der Waals surface area contributed by atoms with Gasteiger partial charge in [-0.2, -0.15) is 4.79 Å². The summed E-state index contributed by atoms with van der Waals surface area (Å²) in [7, 11) is 1.65. The number of fused-ring (bicyclic) bond motifs is 3. The highest BCUT2D eigenvalue weighted by atomic mass is 16.5. The predicted molar refractivity (Wildman–Crippen MR) is 152 cm³/mol. The van der Waals surface area contributed by atoms with Crippen LogP contribution >= 0.6 is 0 Å². The van der Waals surface area contributed by atoms with Crippen LogP contribution in [0.5, 0.6) is 5.75 Å². The van der Waals surface area contributed by atoms with Crippen LogP contribution in [0.25, 0.3) is 11.4 Å². The van der Waals surface area contributed by atoms with Gasteiger partial charge in [-0.25, -0.2) is 4.98 Å². The number of hydrogen-bond donors (Lipinski definition) is 1. The second-order valence-electron chi connectivity index (χ2n) is 10.4. The molecule has 2 aromatic rings. The Morgan fingerprint density at radius 1 is 0.949 bits per heavy atom. The van der Waals surface area contributed by atoms with E-state index in [9.17, 15) is 4.79 Å². The second-order valence-corrected chi connectivity index (χ2v) is 10.4. The molecular weight excluding hydrogens is 488 g/mol. The molecule has 2 aliphatic heterocycles. The summed E-state index contributed by atoms with van der Waals surface area (Å²) < 4.78 is 5.47. The van der Waals surface area contributed by atoms with E-state index in [4.69, 9.17) is 9.84 Å². The van der Waals surface area contributed by atoms with Crippen molar-refractivity contribution in [1.82, 2.24) is 25.1 Å². The molecule has 202 valence electrons. The van der Waals surface area contributed by atoms with Crippen LogP contribution in [-0.4, -0.2) is 65.5 Å². The van der Waals surface area contributed by atoms with Crippen molar-refractivity contribution in [3.05, 3.63) is 88.7 Å². The van der Waals surface area contributed by atoms with Crippen molar-refractivity contribution in [3.63, 3.8) is 0 Å². The van der Waals surface area contributed by atoms with Crippen LogP contribution in [0.4, 0.5) is 0 Å². The highest BCUT2D eigenvalue weighted by Gasteiger charge is 2.34. The number of rotatable bonds is 8. The van der Waals surface area contributed by atoms with Crippen LogP contribution < -0.4 is 15.1 Å². The summed E-state index contributed by atoms with van der Waals surface area (Å²) >= 11 is 0. The zero-order valence-corrected chi connectivity index (χ0v) is 22.6. The van der Waals surface area contributed by atoms with Gasteiger partial charge < -0.3 is 10.1 Å². The number of ether oxygens (including phenoxy) is 1. The summed E-state index contributed by atoms with van der Waals surface area (Å²) in [4.78, 5) is 22.9. The van der Waals surface area contributed by atoms with Crippen LogP contribution in [0.2, 0.25) is 0 Å². The smallest absolute Gasteiger partial charge is 0.254 e. The average Bonchev–Trinajstić information content (AvgIpc) is 3.34. The first-order chi connectivity index (χ1) is 19.2. The molecule has 0 unspecified atom stereocenters. The number of carbonyl (C=O) groups is 1. The van der Waals surface area contributed by atoms with Gasteiger partial charge in [-0.15, -0.1) is 5.10 Å². The van der Waals surface area contributed by atoms with E-state index in [-0.39, 0.29) is 5.91 Å². The molecule has 2 aliphatic carbocycles. The van der Waals surface area contributed by atoms with E-state index >= 15 is 0 Å². The second kappa shape index (κ2) is 11.5. The van der Waals surface area contributed by atoms with E-state index in [1.54, 1.807) is 13.4 Å². The maximum Gasteiger partial charge on any atom is 0.254 e. The van der Waals surface area contributed by atoms with Crippen LogP contribution in [-0.2, 0) is 25.8 Å². The fourth-order valence-corrected chi connectivity index (χ4v) is 6.03. The molecule has 1 fully saturated rings. The van der Waals surface area contributed by atoms with E-state index < -0.39 is 0 Å². The molecule has 4 aliphatic rings. The van der Waals surface area contributed by atoms with Gasteiger partial charge in [-0.05, 0) is 54.9 Å². The molecule has 0 spiro atoms. The summed E-state index contributed by atoms with van der Waals surface area (Å²) in [5.74, 6) is 0.695. The Balaban J connectivity index is 1.20. The summed E-state index contributed by atoms with van der Waals surface area (Å²) in [6.45, 7) is 5.22. The third-order valence-electron chi connectivity index (χ3n) is 8.10. The number of nitrogens with zero attached hydrogens (tertiary/aromatic N) is 5. The molecule has 0 aromatic heterocycles. The molecular formula is C31H36N6O2. The molecule has 2 aromatic carbocycles. The summed E-state index contributed by atoms with van der Waals surface area (Å²) in [5.41, 5.74) is 7.20. The number of amides is 1. The monoisotopic (exact) mass is 524 g/mol. The first kappa shape index (κ1) is 25.4. The Morgan fingerprint density at radius 3 is 2.49 bits per heavy atom. The van der Waals surface area contributed by atoms with E-state index in [1.807, 2.05) is 29.1 Å². The molecule has 0 bridgehead atoms. The molecule has 0 radical (unpaired) electrons. The van der Waals surface area contributed by atoms with E-state index in [0.717, 1.165) is 93.1 Å². The van der Waals surface area contributed by atoms with Crippen molar-refractivity contribution in [1.29, 1.82) is 0 Å². The van der Waals surface area contributed by atoms with Gasteiger partial charge >= 0.3 is 0 Å². The third kappa shape index (κ3) is 5.21. The molecule has 0 atom stereocenters. The topological polar surface area (TPSA) is 75.5 Å². The van der Waals surface area contributed by atoms with Gasteiger partial charge in [-0.1, -0.05) is 48.5 Å². The van der Waals surface area contributed by atoms with Crippen molar-refractivity contribution < 1.29 is 9.53 Å². The number of methoxy groups -OCH3 is 1. The predicted octanol–water partition coefficient (Wildman–Crippen LogP) is 3.70. The minimum atomic E-state index is -0.0787. The number of aromatic nitrogens is 3. The van der Waals surface area contributed by atoms with Gasteiger partial charge in [0.15, 0.2) is 0 Å². The normalized spacial score (nSPS) is 15.8. The lowest BCUT2D eigenvalue weighted by Crippen LogP contribution is -2.52. The van der Waals surface area contributed by atoms with Gasteiger partial charge in [0.1, 0.15) is 23.5 Å². The maximum atomic E-state index is 13.6. The molecule has 1 N–H and O–H groups in total. The Morgan fingerprint density at radius 2 is 1.69 bits per heavy atom. The molecule has 1 saturated heterocycles. The van der Waals surface area contributed by atoms with E-state index in [0.29, 0.717) is 12.1 Å². The molecule has 39 heavy (non-hydrogen) atoms. The molecule has 1 amide bonds. The molecule has 8 nitrogen and oxygen atoms in total. The van der Waals surface area contributed by atoms with Crippen molar-refractivity contribution in [2.24, 2.45) is 0 Å². The minimum absolute atomic E-state index is 0.0787.